The highest BCUT2D eigenvalue weighted by atomic mass is 16.5. The van der Waals surface area contributed by atoms with Crippen LogP contribution in [0.5, 0.6) is 5.75 Å². The van der Waals surface area contributed by atoms with Gasteiger partial charge in [0.05, 0.1) is 0 Å². The number of carbonyl (C=O) groups excluding carboxylic acids is 1. The quantitative estimate of drug-likeness (QED) is 0.516. The number of rotatable bonds is 7. The van der Waals surface area contributed by atoms with Gasteiger partial charge in [0, 0.05) is 17.9 Å². The van der Waals surface area contributed by atoms with Gasteiger partial charge in [0.1, 0.15) is 12.4 Å². The van der Waals surface area contributed by atoms with E-state index >= 15 is 0 Å². The minimum Gasteiger partial charge on any atom is -0.489 e. The van der Waals surface area contributed by atoms with E-state index in [1.165, 1.54) is 17.5 Å². The molecule has 5 nitrogen and oxygen atoms in total. The summed E-state index contributed by atoms with van der Waals surface area (Å²) >= 11 is 0. The van der Waals surface area contributed by atoms with Crippen molar-refractivity contribution < 1.29 is 9.53 Å². The number of urea groups is 1. The first-order valence-corrected chi connectivity index (χ1v) is 11.2. The molecular weight excluding hydrogens is 398 g/mol. The van der Waals surface area contributed by atoms with Gasteiger partial charge in [0.2, 0.25) is 0 Å². The summed E-state index contributed by atoms with van der Waals surface area (Å²) in [6.45, 7) is 1.64. The van der Waals surface area contributed by atoms with Crippen LogP contribution in [0.3, 0.4) is 0 Å². The van der Waals surface area contributed by atoms with Gasteiger partial charge in [-0.25, -0.2) is 4.79 Å². The molecule has 3 aromatic carbocycles. The Bertz CT molecular complexity index is 1030. The Morgan fingerprint density at radius 1 is 0.938 bits per heavy atom. The smallest absolute Gasteiger partial charge is 0.323 e. The second-order valence-corrected chi connectivity index (χ2v) is 8.73. The molecule has 1 aliphatic carbocycles. The van der Waals surface area contributed by atoms with Gasteiger partial charge in [-0.15, -0.1) is 0 Å². The molecule has 4 rings (SSSR count). The predicted molar refractivity (Wildman–Crippen MR) is 130 cm³/mol. The van der Waals surface area contributed by atoms with Crippen molar-refractivity contribution in [3.63, 3.8) is 0 Å². The number of carbonyl (C=O) groups is 1. The van der Waals surface area contributed by atoms with Crippen LogP contribution in [-0.4, -0.2) is 31.6 Å². The van der Waals surface area contributed by atoms with E-state index in [2.05, 4.69) is 41.8 Å². The Balaban J connectivity index is 1.28. The van der Waals surface area contributed by atoms with Crippen LogP contribution >= 0.6 is 0 Å². The van der Waals surface area contributed by atoms with Crippen LogP contribution in [0, 0.1) is 5.92 Å². The fourth-order valence-corrected chi connectivity index (χ4v) is 4.25. The minimum atomic E-state index is -0.246. The van der Waals surface area contributed by atoms with E-state index in [4.69, 9.17) is 4.74 Å². The first-order chi connectivity index (χ1) is 15.5. The first kappa shape index (κ1) is 21.9. The summed E-state index contributed by atoms with van der Waals surface area (Å²) in [7, 11) is 4.26. The standard InChI is InChI=1S/C27H31N3O2/c1-30(2)18-21-8-9-23-17-25(11-10-22(23)16-21)29-27(31)28-24-12-14-26(15-13-24)32-19-20-6-4-3-5-7-20/h3-7,10-15,17,21H,8-9,16,18-19H2,1-2H3,(H2,28,29,31)/t21-/m0/s1. The van der Waals surface area contributed by atoms with Crippen LogP contribution in [0.4, 0.5) is 16.2 Å². The highest BCUT2D eigenvalue weighted by Gasteiger charge is 2.19. The minimum absolute atomic E-state index is 0.246. The number of hydrogen-bond donors (Lipinski definition) is 2. The van der Waals surface area contributed by atoms with Crippen LogP contribution in [0.2, 0.25) is 0 Å². The number of benzene rings is 3. The fraction of sp³-hybridized carbons (Fsp3) is 0.296. The van der Waals surface area contributed by atoms with E-state index in [1.54, 1.807) is 0 Å². The number of nitrogens with zero attached hydrogens (tertiary/aromatic N) is 1. The van der Waals surface area contributed by atoms with E-state index in [0.717, 1.165) is 42.1 Å². The third-order valence-electron chi connectivity index (χ3n) is 5.78. The lowest BCUT2D eigenvalue weighted by Gasteiger charge is -2.27. The van der Waals surface area contributed by atoms with Gasteiger partial charge in [0.15, 0.2) is 0 Å². The summed E-state index contributed by atoms with van der Waals surface area (Å²) < 4.78 is 5.80. The fourth-order valence-electron chi connectivity index (χ4n) is 4.25. The number of hydrogen-bond acceptors (Lipinski definition) is 3. The number of ether oxygens (including phenoxy) is 1. The Labute approximate surface area is 190 Å². The SMILES string of the molecule is CN(C)C[C@H]1CCc2cc(NC(=O)Nc3ccc(OCc4ccccc4)cc3)ccc2C1. The zero-order chi connectivity index (χ0) is 22.3. The molecule has 0 fully saturated rings. The topological polar surface area (TPSA) is 53.6 Å². The van der Waals surface area contributed by atoms with Crippen molar-refractivity contribution in [2.24, 2.45) is 5.92 Å². The molecule has 0 aliphatic heterocycles. The van der Waals surface area contributed by atoms with Crippen LogP contribution in [0.25, 0.3) is 0 Å². The van der Waals surface area contributed by atoms with E-state index in [1.807, 2.05) is 60.7 Å². The maximum atomic E-state index is 12.5. The number of fused-ring (bicyclic) bond motifs is 1. The molecule has 0 radical (unpaired) electrons. The molecule has 32 heavy (non-hydrogen) atoms. The maximum Gasteiger partial charge on any atom is 0.323 e. The van der Waals surface area contributed by atoms with Gasteiger partial charge < -0.3 is 20.3 Å². The predicted octanol–water partition coefficient (Wildman–Crippen LogP) is 5.58. The van der Waals surface area contributed by atoms with Crippen molar-refractivity contribution in [1.82, 2.24) is 4.90 Å². The Morgan fingerprint density at radius 2 is 1.66 bits per heavy atom. The lowest BCUT2D eigenvalue weighted by atomic mass is 9.83. The van der Waals surface area contributed by atoms with Crippen molar-refractivity contribution in [3.05, 3.63) is 89.5 Å². The zero-order valence-electron chi connectivity index (χ0n) is 18.8. The van der Waals surface area contributed by atoms with E-state index in [9.17, 15) is 4.79 Å². The number of aryl methyl sites for hydroxylation is 1. The third-order valence-corrected chi connectivity index (χ3v) is 5.78. The molecule has 0 saturated carbocycles. The summed E-state index contributed by atoms with van der Waals surface area (Å²) in [4.78, 5) is 14.7. The Hall–Kier alpha value is -3.31. The molecular formula is C27H31N3O2. The van der Waals surface area contributed by atoms with Gasteiger partial charge in [-0.3, -0.25) is 0 Å². The zero-order valence-corrected chi connectivity index (χ0v) is 18.8. The van der Waals surface area contributed by atoms with Gasteiger partial charge in [-0.05, 0) is 92.4 Å². The van der Waals surface area contributed by atoms with Gasteiger partial charge >= 0.3 is 6.03 Å². The van der Waals surface area contributed by atoms with Gasteiger partial charge in [-0.1, -0.05) is 36.4 Å². The molecule has 0 aromatic heterocycles. The molecule has 166 valence electrons. The van der Waals surface area contributed by atoms with Crippen molar-refractivity contribution >= 4 is 17.4 Å². The molecule has 0 bridgehead atoms. The lowest BCUT2D eigenvalue weighted by Crippen LogP contribution is -2.26. The second-order valence-electron chi connectivity index (χ2n) is 8.73. The maximum absolute atomic E-state index is 12.5. The van der Waals surface area contributed by atoms with Crippen molar-refractivity contribution in [3.8, 4) is 5.75 Å². The number of anilines is 2. The molecule has 2 N–H and O–H groups in total. The third kappa shape index (κ3) is 6.11. The van der Waals surface area contributed by atoms with Crippen molar-refractivity contribution in [2.45, 2.75) is 25.9 Å². The largest absolute Gasteiger partial charge is 0.489 e. The number of amides is 2. The highest BCUT2D eigenvalue weighted by molar-refractivity contribution is 5.99. The van der Waals surface area contributed by atoms with Gasteiger partial charge in [0.25, 0.3) is 0 Å². The first-order valence-electron chi connectivity index (χ1n) is 11.2. The summed E-state index contributed by atoms with van der Waals surface area (Å²) in [5.74, 6) is 1.47. The van der Waals surface area contributed by atoms with Crippen molar-refractivity contribution in [2.75, 3.05) is 31.3 Å². The average molecular weight is 430 g/mol. The van der Waals surface area contributed by atoms with E-state index in [0.29, 0.717) is 12.5 Å². The molecule has 5 heteroatoms. The van der Waals surface area contributed by atoms with Crippen LogP contribution in [-0.2, 0) is 19.4 Å². The van der Waals surface area contributed by atoms with Crippen molar-refractivity contribution in [1.29, 1.82) is 0 Å². The second kappa shape index (κ2) is 10.3. The van der Waals surface area contributed by atoms with Crippen LogP contribution in [0.1, 0.15) is 23.1 Å². The summed E-state index contributed by atoms with van der Waals surface area (Å²) in [5, 5.41) is 5.84. The molecule has 0 heterocycles. The van der Waals surface area contributed by atoms with Crippen LogP contribution in [0.15, 0.2) is 72.8 Å². The molecule has 0 spiro atoms. The normalized spacial score (nSPS) is 15.2. The molecule has 0 saturated heterocycles. The monoisotopic (exact) mass is 429 g/mol. The molecule has 2 amide bonds. The Morgan fingerprint density at radius 3 is 2.41 bits per heavy atom. The summed E-state index contributed by atoms with van der Waals surface area (Å²) in [6, 6.07) is 23.5. The van der Waals surface area contributed by atoms with Gasteiger partial charge in [-0.2, -0.15) is 0 Å². The van der Waals surface area contributed by atoms with E-state index < -0.39 is 0 Å². The molecule has 3 aromatic rings. The molecule has 0 unspecified atom stereocenters. The average Bonchev–Trinajstić information content (AvgIpc) is 2.79. The molecule has 1 atom stereocenters. The number of nitrogens with one attached hydrogen (secondary N) is 2. The highest BCUT2D eigenvalue weighted by Crippen LogP contribution is 2.28. The lowest BCUT2D eigenvalue weighted by molar-refractivity contribution is 0.262. The van der Waals surface area contributed by atoms with E-state index in [-0.39, 0.29) is 6.03 Å². The summed E-state index contributed by atoms with van der Waals surface area (Å²) in [5.41, 5.74) is 5.42. The molecule has 1 aliphatic rings. The summed E-state index contributed by atoms with van der Waals surface area (Å²) in [6.07, 6.45) is 3.37. The van der Waals surface area contributed by atoms with Crippen LogP contribution < -0.4 is 15.4 Å². The Kier molecular flexibility index (Phi) is 7.07.